The molecule has 0 bridgehead atoms. The number of ether oxygens (including phenoxy) is 1. The van der Waals surface area contributed by atoms with Crippen LogP contribution in [0.4, 0.5) is 5.69 Å². The summed E-state index contributed by atoms with van der Waals surface area (Å²) in [6.45, 7) is 1.38. The molecule has 3 aromatic carbocycles. The molecule has 3 rings (SSSR count). The summed E-state index contributed by atoms with van der Waals surface area (Å²) in [6.07, 6.45) is 0. The first-order valence-electron chi connectivity index (χ1n) is 9.59. The molecule has 0 radical (unpaired) electrons. The molecule has 6 nitrogen and oxygen atoms in total. The zero-order chi connectivity index (χ0) is 22.4. The maximum absolute atomic E-state index is 13.3. The van der Waals surface area contributed by atoms with Gasteiger partial charge in [-0.25, -0.2) is 8.42 Å². The van der Waals surface area contributed by atoms with Gasteiger partial charge in [0.1, 0.15) is 12.3 Å². The predicted octanol–water partition coefficient (Wildman–Crippen LogP) is 4.42. The summed E-state index contributed by atoms with van der Waals surface area (Å²) < 4.78 is 33.1. The second-order valence-electron chi connectivity index (χ2n) is 6.81. The SMILES string of the molecule is COc1ccccc1[C@@H](C)NC(=O)CN(c1ccccc1Cl)S(=O)(=O)c1ccccc1. The van der Waals surface area contributed by atoms with Crippen LogP contribution in [0.1, 0.15) is 18.5 Å². The van der Waals surface area contributed by atoms with E-state index in [1.54, 1.807) is 62.6 Å². The minimum Gasteiger partial charge on any atom is -0.496 e. The third kappa shape index (κ3) is 5.18. The Bertz CT molecular complexity index is 1150. The molecule has 162 valence electrons. The number of para-hydroxylation sites is 2. The standard InChI is InChI=1S/C23H23ClN2O4S/c1-17(19-12-6-9-15-22(19)30-2)25-23(27)16-26(21-14-8-7-13-20(21)24)31(28,29)18-10-4-3-5-11-18/h3-15,17H,16H2,1-2H3,(H,25,27)/t17-/m1/s1. The van der Waals surface area contributed by atoms with Gasteiger partial charge in [-0.15, -0.1) is 0 Å². The second kappa shape index (κ2) is 9.85. The fourth-order valence-electron chi connectivity index (χ4n) is 3.19. The molecular weight excluding hydrogens is 436 g/mol. The van der Waals surface area contributed by atoms with Crippen molar-refractivity contribution in [3.05, 3.63) is 89.4 Å². The van der Waals surface area contributed by atoms with E-state index in [-0.39, 0.29) is 15.6 Å². The molecule has 0 aliphatic rings. The summed E-state index contributed by atoms with van der Waals surface area (Å²) in [5.74, 6) is 0.160. The lowest BCUT2D eigenvalue weighted by molar-refractivity contribution is -0.120. The van der Waals surface area contributed by atoms with Crippen molar-refractivity contribution < 1.29 is 17.9 Å². The molecule has 0 aliphatic carbocycles. The molecule has 3 aromatic rings. The van der Waals surface area contributed by atoms with E-state index < -0.39 is 28.5 Å². The molecule has 8 heteroatoms. The highest BCUT2D eigenvalue weighted by molar-refractivity contribution is 7.92. The van der Waals surface area contributed by atoms with Crippen molar-refractivity contribution in [1.29, 1.82) is 0 Å². The summed E-state index contributed by atoms with van der Waals surface area (Å²) in [7, 11) is -2.47. The van der Waals surface area contributed by atoms with Crippen molar-refractivity contribution in [3.63, 3.8) is 0 Å². The molecule has 0 aromatic heterocycles. The molecular formula is C23H23ClN2O4S. The normalized spacial score (nSPS) is 12.1. The van der Waals surface area contributed by atoms with Gasteiger partial charge in [0, 0.05) is 5.56 Å². The Balaban J connectivity index is 1.90. The summed E-state index contributed by atoms with van der Waals surface area (Å²) in [5.41, 5.74) is 1.02. The summed E-state index contributed by atoms with van der Waals surface area (Å²) in [5, 5.41) is 3.08. The van der Waals surface area contributed by atoms with E-state index in [1.165, 1.54) is 12.1 Å². The first-order chi connectivity index (χ1) is 14.8. The smallest absolute Gasteiger partial charge is 0.264 e. The van der Waals surface area contributed by atoms with E-state index in [0.717, 1.165) is 9.87 Å². The number of rotatable bonds is 8. The van der Waals surface area contributed by atoms with Crippen LogP contribution in [0.25, 0.3) is 0 Å². The number of carbonyl (C=O) groups excluding carboxylic acids is 1. The van der Waals surface area contributed by atoms with Gasteiger partial charge in [-0.2, -0.15) is 0 Å². The zero-order valence-electron chi connectivity index (χ0n) is 17.2. The number of halogens is 1. The maximum Gasteiger partial charge on any atom is 0.264 e. The van der Waals surface area contributed by atoms with Gasteiger partial charge in [0.15, 0.2) is 0 Å². The van der Waals surface area contributed by atoms with Crippen molar-refractivity contribution in [2.75, 3.05) is 18.0 Å². The van der Waals surface area contributed by atoms with E-state index in [0.29, 0.717) is 5.75 Å². The van der Waals surface area contributed by atoms with Crippen molar-refractivity contribution in [1.82, 2.24) is 5.32 Å². The van der Waals surface area contributed by atoms with Crippen LogP contribution in [-0.4, -0.2) is 28.0 Å². The molecule has 1 N–H and O–H groups in total. The van der Waals surface area contributed by atoms with Gasteiger partial charge in [-0.05, 0) is 37.3 Å². The first kappa shape index (κ1) is 22.7. The van der Waals surface area contributed by atoms with Gasteiger partial charge in [-0.1, -0.05) is 60.1 Å². The molecule has 1 atom stereocenters. The highest BCUT2D eigenvalue weighted by Crippen LogP contribution is 2.30. The second-order valence-corrected chi connectivity index (χ2v) is 9.08. The lowest BCUT2D eigenvalue weighted by atomic mass is 10.1. The Labute approximate surface area is 187 Å². The third-order valence-electron chi connectivity index (χ3n) is 4.72. The quantitative estimate of drug-likeness (QED) is 0.542. The fourth-order valence-corrected chi connectivity index (χ4v) is 4.94. The lowest BCUT2D eigenvalue weighted by Crippen LogP contribution is -2.41. The molecule has 31 heavy (non-hydrogen) atoms. The molecule has 0 fully saturated rings. The average molecular weight is 459 g/mol. The maximum atomic E-state index is 13.3. The van der Waals surface area contributed by atoms with Gasteiger partial charge >= 0.3 is 0 Å². The van der Waals surface area contributed by atoms with E-state index in [9.17, 15) is 13.2 Å². The number of carbonyl (C=O) groups is 1. The van der Waals surface area contributed by atoms with Crippen LogP contribution in [0, 0.1) is 0 Å². The predicted molar refractivity (Wildman–Crippen MR) is 122 cm³/mol. The van der Waals surface area contributed by atoms with Crippen LogP contribution < -0.4 is 14.4 Å². The number of hydrogen-bond acceptors (Lipinski definition) is 4. The Hall–Kier alpha value is -3.03. The number of nitrogens with one attached hydrogen (secondary N) is 1. The van der Waals surface area contributed by atoms with E-state index in [4.69, 9.17) is 16.3 Å². The van der Waals surface area contributed by atoms with Crippen molar-refractivity contribution >= 4 is 33.2 Å². The van der Waals surface area contributed by atoms with Crippen LogP contribution in [0.2, 0.25) is 5.02 Å². The van der Waals surface area contributed by atoms with E-state index >= 15 is 0 Å². The Morgan fingerprint density at radius 1 is 1.00 bits per heavy atom. The molecule has 0 saturated carbocycles. The van der Waals surface area contributed by atoms with Crippen molar-refractivity contribution in [3.8, 4) is 5.75 Å². The number of benzene rings is 3. The van der Waals surface area contributed by atoms with Crippen molar-refractivity contribution in [2.24, 2.45) is 0 Å². The largest absolute Gasteiger partial charge is 0.496 e. The van der Waals surface area contributed by atoms with Gasteiger partial charge in [-0.3, -0.25) is 9.10 Å². The lowest BCUT2D eigenvalue weighted by Gasteiger charge is -2.26. The van der Waals surface area contributed by atoms with Gasteiger partial charge < -0.3 is 10.1 Å². The van der Waals surface area contributed by atoms with Crippen LogP contribution in [0.5, 0.6) is 5.75 Å². The van der Waals surface area contributed by atoms with Crippen LogP contribution >= 0.6 is 11.6 Å². The number of hydrogen-bond donors (Lipinski definition) is 1. The summed E-state index contributed by atoms with van der Waals surface area (Å²) >= 11 is 6.28. The topological polar surface area (TPSA) is 75.7 Å². The summed E-state index contributed by atoms with van der Waals surface area (Å²) in [4.78, 5) is 13.0. The van der Waals surface area contributed by atoms with E-state index in [1.807, 2.05) is 18.2 Å². The monoisotopic (exact) mass is 458 g/mol. The molecule has 0 unspecified atom stereocenters. The average Bonchev–Trinajstić information content (AvgIpc) is 2.78. The number of anilines is 1. The first-order valence-corrected chi connectivity index (χ1v) is 11.4. The zero-order valence-corrected chi connectivity index (χ0v) is 18.7. The molecule has 0 spiro atoms. The molecule has 0 heterocycles. The van der Waals surface area contributed by atoms with Crippen LogP contribution in [-0.2, 0) is 14.8 Å². The third-order valence-corrected chi connectivity index (χ3v) is 6.82. The van der Waals surface area contributed by atoms with Crippen LogP contribution in [0.3, 0.4) is 0 Å². The molecule has 1 amide bonds. The number of methoxy groups -OCH3 is 1. The highest BCUT2D eigenvalue weighted by Gasteiger charge is 2.29. The molecule has 0 aliphatic heterocycles. The number of sulfonamides is 1. The summed E-state index contributed by atoms with van der Waals surface area (Å²) in [6, 6.07) is 21.4. The van der Waals surface area contributed by atoms with Gasteiger partial charge in [0.25, 0.3) is 10.0 Å². The minimum atomic E-state index is -4.02. The molecule has 0 saturated heterocycles. The fraction of sp³-hybridized carbons (Fsp3) is 0.174. The van der Waals surface area contributed by atoms with Gasteiger partial charge in [0.05, 0.1) is 28.8 Å². The number of nitrogens with zero attached hydrogens (tertiary/aromatic N) is 1. The highest BCUT2D eigenvalue weighted by atomic mass is 35.5. The van der Waals surface area contributed by atoms with Crippen LogP contribution in [0.15, 0.2) is 83.8 Å². The Morgan fingerprint density at radius 2 is 1.61 bits per heavy atom. The minimum absolute atomic E-state index is 0.0699. The Kier molecular flexibility index (Phi) is 7.20. The Morgan fingerprint density at radius 3 is 2.29 bits per heavy atom. The number of amides is 1. The van der Waals surface area contributed by atoms with Crippen molar-refractivity contribution in [2.45, 2.75) is 17.9 Å². The van der Waals surface area contributed by atoms with Gasteiger partial charge in [0.2, 0.25) is 5.91 Å². The van der Waals surface area contributed by atoms with E-state index in [2.05, 4.69) is 5.32 Å².